The number of aryl methyl sites for hydroxylation is 1. The topological polar surface area (TPSA) is 83.0 Å². The molecule has 6 nitrogen and oxygen atoms in total. The van der Waals surface area contributed by atoms with Crippen LogP contribution in [0.4, 0.5) is 5.69 Å². The lowest BCUT2D eigenvalue weighted by molar-refractivity contribution is -0.146. The number of esters is 1. The molecule has 0 saturated heterocycles. The van der Waals surface area contributed by atoms with E-state index in [2.05, 4.69) is 10.1 Å². The SMILES string of the molecule is COC(=O)C1CCn2nc(-c3ccc(N)cc3)nc2C1. The van der Waals surface area contributed by atoms with Crippen LogP contribution in [0.25, 0.3) is 11.4 Å². The highest BCUT2D eigenvalue weighted by molar-refractivity contribution is 5.72. The third-order valence-electron chi connectivity index (χ3n) is 3.57. The fraction of sp³-hybridized carbons (Fsp3) is 0.357. The minimum atomic E-state index is -0.173. The van der Waals surface area contributed by atoms with Gasteiger partial charge in [-0.25, -0.2) is 9.67 Å². The van der Waals surface area contributed by atoms with E-state index in [-0.39, 0.29) is 11.9 Å². The molecule has 0 radical (unpaired) electrons. The van der Waals surface area contributed by atoms with Crippen molar-refractivity contribution in [2.45, 2.75) is 19.4 Å². The summed E-state index contributed by atoms with van der Waals surface area (Å²) in [5.41, 5.74) is 7.31. The molecule has 0 bridgehead atoms. The maximum atomic E-state index is 11.6. The zero-order valence-corrected chi connectivity index (χ0v) is 11.2. The van der Waals surface area contributed by atoms with E-state index in [1.807, 2.05) is 28.9 Å². The molecular formula is C14H16N4O2. The van der Waals surface area contributed by atoms with Crippen LogP contribution in [-0.4, -0.2) is 27.8 Å². The molecular weight excluding hydrogens is 256 g/mol. The molecule has 3 rings (SSSR count). The molecule has 0 aliphatic carbocycles. The summed E-state index contributed by atoms with van der Waals surface area (Å²) in [5, 5.41) is 4.48. The number of nitrogens with two attached hydrogens (primary N) is 1. The van der Waals surface area contributed by atoms with Crippen LogP contribution in [0.1, 0.15) is 12.2 Å². The number of carbonyl (C=O) groups excluding carboxylic acids is 1. The second-order valence-corrected chi connectivity index (χ2v) is 4.91. The number of hydrogen-bond donors (Lipinski definition) is 1. The molecule has 0 spiro atoms. The van der Waals surface area contributed by atoms with E-state index in [0.717, 1.165) is 17.8 Å². The van der Waals surface area contributed by atoms with Gasteiger partial charge >= 0.3 is 5.97 Å². The van der Waals surface area contributed by atoms with Crippen molar-refractivity contribution >= 4 is 11.7 Å². The predicted octanol–water partition coefficient (Wildman–Crippen LogP) is 1.26. The molecule has 20 heavy (non-hydrogen) atoms. The van der Waals surface area contributed by atoms with Crippen molar-refractivity contribution < 1.29 is 9.53 Å². The smallest absolute Gasteiger partial charge is 0.309 e. The summed E-state index contributed by atoms with van der Waals surface area (Å²) in [4.78, 5) is 16.1. The molecule has 0 amide bonds. The van der Waals surface area contributed by atoms with E-state index in [1.54, 1.807) is 0 Å². The first-order valence-electron chi connectivity index (χ1n) is 6.55. The van der Waals surface area contributed by atoms with Gasteiger partial charge in [0.05, 0.1) is 13.0 Å². The van der Waals surface area contributed by atoms with Crippen molar-refractivity contribution in [3.63, 3.8) is 0 Å². The number of nitrogens with zero attached hydrogens (tertiary/aromatic N) is 3. The second-order valence-electron chi connectivity index (χ2n) is 4.91. The third kappa shape index (κ3) is 2.24. The Morgan fingerprint density at radius 1 is 1.40 bits per heavy atom. The summed E-state index contributed by atoms with van der Waals surface area (Å²) < 4.78 is 6.67. The first-order chi connectivity index (χ1) is 9.67. The fourth-order valence-electron chi connectivity index (χ4n) is 2.43. The first kappa shape index (κ1) is 12.7. The van der Waals surface area contributed by atoms with Crippen LogP contribution in [-0.2, 0) is 22.5 Å². The molecule has 1 unspecified atom stereocenters. The largest absolute Gasteiger partial charge is 0.469 e. The lowest BCUT2D eigenvalue weighted by Crippen LogP contribution is -2.27. The molecule has 0 fully saturated rings. The van der Waals surface area contributed by atoms with Gasteiger partial charge in [-0.05, 0) is 30.7 Å². The number of carbonyl (C=O) groups is 1. The average Bonchev–Trinajstić information content (AvgIpc) is 2.90. The highest BCUT2D eigenvalue weighted by atomic mass is 16.5. The predicted molar refractivity (Wildman–Crippen MR) is 73.7 cm³/mol. The van der Waals surface area contributed by atoms with E-state index in [9.17, 15) is 4.79 Å². The maximum Gasteiger partial charge on any atom is 0.309 e. The van der Waals surface area contributed by atoms with E-state index in [1.165, 1.54) is 7.11 Å². The second kappa shape index (κ2) is 4.96. The van der Waals surface area contributed by atoms with Gasteiger partial charge in [0.2, 0.25) is 0 Å². The minimum absolute atomic E-state index is 0.115. The van der Waals surface area contributed by atoms with E-state index in [4.69, 9.17) is 10.5 Å². The Hall–Kier alpha value is -2.37. The number of hydrogen-bond acceptors (Lipinski definition) is 5. The van der Waals surface area contributed by atoms with Crippen LogP contribution in [0, 0.1) is 5.92 Å². The van der Waals surface area contributed by atoms with Gasteiger partial charge < -0.3 is 10.5 Å². The number of ether oxygens (including phenoxy) is 1. The summed E-state index contributed by atoms with van der Waals surface area (Å²) in [6.45, 7) is 0.692. The van der Waals surface area contributed by atoms with Crippen molar-refractivity contribution in [3.05, 3.63) is 30.1 Å². The summed E-state index contributed by atoms with van der Waals surface area (Å²) in [6.07, 6.45) is 1.32. The number of fused-ring (bicyclic) bond motifs is 1. The molecule has 1 aliphatic rings. The number of anilines is 1. The lowest BCUT2D eigenvalue weighted by atomic mass is 9.98. The van der Waals surface area contributed by atoms with Crippen molar-refractivity contribution in [1.29, 1.82) is 0 Å². The quantitative estimate of drug-likeness (QED) is 0.657. The standard InChI is InChI=1S/C14H16N4O2/c1-20-14(19)10-6-7-18-12(8-10)16-13(17-18)9-2-4-11(15)5-3-9/h2-5,10H,6-8,15H2,1H3. The van der Waals surface area contributed by atoms with Gasteiger partial charge in [-0.2, -0.15) is 5.10 Å². The van der Waals surface area contributed by atoms with E-state index < -0.39 is 0 Å². The molecule has 0 saturated carbocycles. The summed E-state index contributed by atoms with van der Waals surface area (Å²) in [5.74, 6) is 1.22. The summed E-state index contributed by atoms with van der Waals surface area (Å²) in [7, 11) is 1.42. The number of aromatic nitrogens is 3. The lowest BCUT2D eigenvalue weighted by Gasteiger charge is -2.19. The number of nitrogen functional groups attached to an aromatic ring is 1. The van der Waals surface area contributed by atoms with Crippen LogP contribution in [0.2, 0.25) is 0 Å². The monoisotopic (exact) mass is 272 g/mol. The fourth-order valence-corrected chi connectivity index (χ4v) is 2.43. The molecule has 104 valence electrons. The molecule has 2 heterocycles. The zero-order chi connectivity index (χ0) is 14.1. The van der Waals surface area contributed by atoms with Gasteiger partial charge in [-0.15, -0.1) is 0 Å². The molecule has 2 N–H and O–H groups in total. The van der Waals surface area contributed by atoms with Crippen LogP contribution < -0.4 is 5.73 Å². The third-order valence-corrected chi connectivity index (χ3v) is 3.57. The normalized spacial score (nSPS) is 17.6. The van der Waals surface area contributed by atoms with Gasteiger partial charge in [0, 0.05) is 24.2 Å². The summed E-state index contributed by atoms with van der Waals surface area (Å²) >= 11 is 0. The first-order valence-corrected chi connectivity index (χ1v) is 6.55. The van der Waals surface area contributed by atoms with Gasteiger partial charge in [-0.3, -0.25) is 4.79 Å². The number of benzene rings is 1. The molecule has 1 aliphatic heterocycles. The highest BCUT2D eigenvalue weighted by Gasteiger charge is 2.27. The van der Waals surface area contributed by atoms with Gasteiger partial charge in [0.25, 0.3) is 0 Å². The van der Waals surface area contributed by atoms with Crippen molar-refractivity contribution in [1.82, 2.24) is 14.8 Å². The van der Waals surface area contributed by atoms with Crippen molar-refractivity contribution in [2.24, 2.45) is 5.92 Å². The van der Waals surface area contributed by atoms with Crippen LogP contribution in [0.15, 0.2) is 24.3 Å². The minimum Gasteiger partial charge on any atom is -0.469 e. The number of rotatable bonds is 2. The number of methoxy groups -OCH3 is 1. The Labute approximate surface area is 116 Å². The molecule has 1 atom stereocenters. The van der Waals surface area contributed by atoms with Gasteiger partial charge in [0.15, 0.2) is 5.82 Å². The average molecular weight is 272 g/mol. The highest BCUT2D eigenvalue weighted by Crippen LogP contribution is 2.23. The van der Waals surface area contributed by atoms with Crippen LogP contribution in [0.3, 0.4) is 0 Å². The Morgan fingerprint density at radius 2 is 2.15 bits per heavy atom. The maximum absolute atomic E-state index is 11.6. The Kier molecular flexibility index (Phi) is 3.14. The Bertz CT molecular complexity index is 633. The zero-order valence-electron chi connectivity index (χ0n) is 11.2. The van der Waals surface area contributed by atoms with Crippen molar-refractivity contribution in [2.75, 3.05) is 12.8 Å². The van der Waals surface area contributed by atoms with Crippen molar-refractivity contribution in [3.8, 4) is 11.4 Å². The van der Waals surface area contributed by atoms with Crippen LogP contribution in [0.5, 0.6) is 0 Å². The summed E-state index contributed by atoms with van der Waals surface area (Å²) in [6, 6.07) is 7.45. The molecule has 1 aromatic heterocycles. The Balaban J connectivity index is 1.86. The van der Waals surface area contributed by atoms with E-state index >= 15 is 0 Å². The van der Waals surface area contributed by atoms with E-state index in [0.29, 0.717) is 24.5 Å². The Morgan fingerprint density at radius 3 is 2.85 bits per heavy atom. The van der Waals surface area contributed by atoms with Gasteiger partial charge in [0.1, 0.15) is 5.82 Å². The van der Waals surface area contributed by atoms with Crippen LogP contribution >= 0.6 is 0 Å². The van der Waals surface area contributed by atoms with Gasteiger partial charge in [-0.1, -0.05) is 0 Å². The molecule has 6 heteroatoms. The molecule has 1 aromatic carbocycles. The molecule has 2 aromatic rings.